The molecular formula is C23H19N5O5. The number of nitrogens with one attached hydrogen (secondary N) is 2. The fourth-order valence-electron chi connectivity index (χ4n) is 3.58. The minimum absolute atomic E-state index is 0.246. The maximum atomic E-state index is 5.85. The molecule has 4 aromatic rings. The van der Waals surface area contributed by atoms with Crippen molar-refractivity contribution in [2.45, 2.75) is 6.54 Å². The molecule has 0 unspecified atom stereocenters. The molecule has 0 aliphatic carbocycles. The number of anilines is 3. The summed E-state index contributed by atoms with van der Waals surface area (Å²) < 4.78 is 27.8. The predicted molar refractivity (Wildman–Crippen MR) is 118 cm³/mol. The number of rotatable bonds is 6. The van der Waals surface area contributed by atoms with Gasteiger partial charge >= 0.3 is 6.01 Å². The predicted octanol–water partition coefficient (Wildman–Crippen LogP) is 3.99. The second-order valence-corrected chi connectivity index (χ2v) is 7.34. The smallest absolute Gasteiger partial charge is 0.320 e. The molecule has 2 aliphatic heterocycles. The molecule has 166 valence electrons. The molecule has 4 heterocycles. The largest absolute Gasteiger partial charge is 0.486 e. The molecule has 0 radical (unpaired) electrons. The summed E-state index contributed by atoms with van der Waals surface area (Å²) in [6, 6.07) is 15.3. The zero-order chi connectivity index (χ0) is 22.0. The Morgan fingerprint density at radius 3 is 2.61 bits per heavy atom. The number of hydrogen-bond acceptors (Lipinski definition) is 10. The number of benzene rings is 2. The van der Waals surface area contributed by atoms with Crippen LogP contribution in [0.5, 0.6) is 23.0 Å². The highest BCUT2D eigenvalue weighted by molar-refractivity contribution is 5.69. The zero-order valence-corrected chi connectivity index (χ0v) is 17.4. The Morgan fingerprint density at radius 2 is 1.64 bits per heavy atom. The monoisotopic (exact) mass is 445 g/mol. The summed E-state index contributed by atoms with van der Waals surface area (Å²) in [5.74, 6) is 3.85. The first-order valence-electron chi connectivity index (χ1n) is 10.4. The first-order chi connectivity index (χ1) is 16.3. The van der Waals surface area contributed by atoms with Crippen LogP contribution in [-0.4, -0.2) is 35.2 Å². The van der Waals surface area contributed by atoms with Gasteiger partial charge in [-0.15, -0.1) is 5.10 Å². The van der Waals surface area contributed by atoms with Crippen LogP contribution in [0.25, 0.3) is 11.5 Å². The van der Waals surface area contributed by atoms with Crippen LogP contribution in [0.15, 0.2) is 59.1 Å². The number of nitrogens with zero attached hydrogens (tertiary/aromatic N) is 3. The van der Waals surface area contributed by atoms with Gasteiger partial charge in [0.1, 0.15) is 19.0 Å². The van der Waals surface area contributed by atoms with Crippen molar-refractivity contribution in [2.75, 3.05) is 30.6 Å². The third-order valence-electron chi connectivity index (χ3n) is 5.15. The Hall–Kier alpha value is -4.47. The third kappa shape index (κ3) is 3.93. The lowest BCUT2D eigenvalue weighted by Gasteiger charge is -2.18. The molecule has 0 fully saturated rings. The van der Waals surface area contributed by atoms with E-state index >= 15 is 0 Å². The van der Waals surface area contributed by atoms with Crippen LogP contribution in [0, 0.1) is 0 Å². The standard InChI is InChI=1S/C23H19N5O5/c1-2-16(21(24-7-1)25-12-14-3-5-18-19(10-14)32-13-31-18)22-27-28-23(33-22)26-15-4-6-17-20(11-15)30-9-8-29-17/h1-7,10-11H,8-9,12-13H2,(H,24,25)(H,26,28). The van der Waals surface area contributed by atoms with E-state index in [2.05, 4.69) is 25.8 Å². The first kappa shape index (κ1) is 19.2. The number of fused-ring (bicyclic) bond motifs is 2. The number of aromatic nitrogens is 3. The molecular weight excluding hydrogens is 426 g/mol. The highest BCUT2D eigenvalue weighted by Crippen LogP contribution is 2.35. The van der Waals surface area contributed by atoms with Crippen LogP contribution >= 0.6 is 0 Å². The van der Waals surface area contributed by atoms with Gasteiger partial charge in [-0.2, -0.15) is 0 Å². The van der Waals surface area contributed by atoms with E-state index in [9.17, 15) is 0 Å². The molecule has 0 saturated carbocycles. The minimum Gasteiger partial charge on any atom is -0.486 e. The Kier molecular flexibility index (Phi) is 4.80. The molecule has 0 spiro atoms. The van der Waals surface area contributed by atoms with Crippen molar-refractivity contribution in [1.82, 2.24) is 15.2 Å². The molecule has 33 heavy (non-hydrogen) atoms. The van der Waals surface area contributed by atoms with Gasteiger partial charge < -0.3 is 34.0 Å². The zero-order valence-electron chi connectivity index (χ0n) is 17.4. The molecule has 6 rings (SSSR count). The number of ether oxygens (including phenoxy) is 4. The fourth-order valence-corrected chi connectivity index (χ4v) is 3.58. The maximum Gasteiger partial charge on any atom is 0.320 e. The van der Waals surface area contributed by atoms with Crippen molar-refractivity contribution in [3.05, 3.63) is 60.3 Å². The molecule has 10 nitrogen and oxygen atoms in total. The van der Waals surface area contributed by atoms with E-state index in [0.29, 0.717) is 48.5 Å². The van der Waals surface area contributed by atoms with E-state index < -0.39 is 0 Å². The average molecular weight is 445 g/mol. The summed E-state index contributed by atoms with van der Waals surface area (Å²) in [4.78, 5) is 4.44. The lowest BCUT2D eigenvalue weighted by Crippen LogP contribution is -2.15. The van der Waals surface area contributed by atoms with Crippen LogP contribution < -0.4 is 29.6 Å². The lowest BCUT2D eigenvalue weighted by molar-refractivity contribution is 0.171. The topological polar surface area (TPSA) is 113 Å². The SMILES string of the molecule is c1cnc(NCc2ccc3c(c2)OCO3)c(-c2nnc(Nc3ccc4c(c3)OCCO4)o2)c1. The van der Waals surface area contributed by atoms with Crippen molar-refractivity contribution < 1.29 is 23.4 Å². The van der Waals surface area contributed by atoms with Gasteiger partial charge in [-0.25, -0.2) is 4.98 Å². The summed E-state index contributed by atoms with van der Waals surface area (Å²) >= 11 is 0. The number of hydrogen-bond donors (Lipinski definition) is 2. The van der Waals surface area contributed by atoms with Gasteiger partial charge in [0.15, 0.2) is 23.0 Å². The van der Waals surface area contributed by atoms with Crippen molar-refractivity contribution in [1.29, 1.82) is 0 Å². The molecule has 2 aliphatic rings. The maximum absolute atomic E-state index is 5.85. The second kappa shape index (κ2) is 8.23. The summed E-state index contributed by atoms with van der Waals surface area (Å²) in [6.07, 6.45) is 1.70. The van der Waals surface area contributed by atoms with Crippen LogP contribution in [0.4, 0.5) is 17.5 Å². The van der Waals surface area contributed by atoms with E-state index in [1.165, 1.54) is 0 Å². The van der Waals surface area contributed by atoms with E-state index in [0.717, 1.165) is 22.7 Å². The Bertz CT molecular complexity index is 1310. The highest BCUT2D eigenvalue weighted by Gasteiger charge is 2.17. The third-order valence-corrected chi connectivity index (χ3v) is 5.15. The van der Waals surface area contributed by atoms with E-state index in [1.54, 1.807) is 6.20 Å². The number of pyridine rings is 1. The van der Waals surface area contributed by atoms with Crippen LogP contribution in [0.3, 0.4) is 0 Å². The summed E-state index contributed by atoms with van der Waals surface area (Å²) in [7, 11) is 0. The quantitative estimate of drug-likeness (QED) is 0.452. The second-order valence-electron chi connectivity index (χ2n) is 7.34. The molecule has 0 saturated heterocycles. The van der Waals surface area contributed by atoms with Gasteiger partial charge in [-0.05, 0) is 42.0 Å². The average Bonchev–Trinajstić information content (AvgIpc) is 3.52. The Morgan fingerprint density at radius 1 is 0.818 bits per heavy atom. The van der Waals surface area contributed by atoms with E-state index in [-0.39, 0.29) is 12.8 Å². The molecule has 0 amide bonds. The van der Waals surface area contributed by atoms with Gasteiger partial charge in [0.05, 0.1) is 5.56 Å². The normalized spacial score (nSPS) is 13.6. The van der Waals surface area contributed by atoms with Crippen LogP contribution in [0.2, 0.25) is 0 Å². The molecule has 0 atom stereocenters. The van der Waals surface area contributed by atoms with Crippen molar-refractivity contribution in [3.63, 3.8) is 0 Å². The molecule has 0 bridgehead atoms. The Balaban J connectivity index is 1.18. The van der Waals surface area contributed by atoms with Crippen LogP contribution in [-0.2, 0) is 6.54 Å². The lowest BCUT2D eigenvalue weighted by atomic mass is 10.2. The van der Waals surface area contributed by atoms with Gasteiger partial charge in [0.25, 0.3) is 5.89 Å². The summed E-state index contributed by atoms with van der Waals surface area (Å²) in [5, 5.41) is 14.7. The van der Waals surface area contributed by atoms with Crippen molar-refractivity contribution in [2.24, 2.45) is 0 Å². The van der Waals surface area contributed by atoms with Gasteiger partial charge in [0.2, 0.25) is 6.79 Å². The van der Waals surface area contributed by atoms with Crippen molar-refractivity contribution >= 4 is 17.5 Å². The summed E-state index contributed by atoms with van der Waals surface area (Å²) in [6.45, 7) is 1.85. The molecule has 2 aromatic heterocycles. The first-order valence-corrected chi connectivity index (χ1v) is 10.4. The highest BCUT2D eigenvalue weighted by atomic mass is 16.7. The Labute approximate surface area is 188 Å². The van der Waals surface area contributed by atoms with E-state index in [4.69, 9.17) is 23.4 Å². The minimum atomic E-state index is 0.246. The summed E-state index contributed by atoms with van der Waals surface area (Å²) in [5.41, 5.74) is 2.48. The molecule has 2 aromatic carbocycles. The van der Waals surface area contributed by atoms with Crippen molar-refractivity contribution in [3.8, 4) is 34.5 Å². The fraction of sp³-hybridized carbons (Fsp3) is 0.174. The molecule has 2 N–H and O–H groups in total. The van der Waals surface area contributed by atoms with Crippen LogP contribution in [0.1, 0.15) is 5.56 Å². The van der Waals surface area contributed by atoms with Gasteiger partial charge in [-0.3, -0.25) is 0 Å². The molecule has 10 heteroatoms. The van der Waals surface area contributed by atoms with E-state index in [1.807, 2.05) is 48.5 Å². The van der Waals surface area contributed by atoms with Gasteiger partial charge in [0, 0.05) is 24.5 Å². The van der Waals surface area contributed by atoms with Gasteiger partial charge in [-0.1, -0.05) is 11.2 Å².